The fraction of sp³-hybridized carbons (Fsp3) is 0.0638. The van der Waals surface area contributed by atoms with E-state index >= 15 is 0 Å². The maximum atomic E-state index is 6.41. The minimum atomic E-state index is -0.211. The number of para-hydroxylation sites is 2. The third kappa shape index (κ3) is 3.61. The van der Waals surface area contributed by atoms with Gasteiger partial charge in [0.1, 0.15) is 22.7 Å². The molecule has 2 nitrogen and oxygen atoms in total. The largest absolute Gasteiger partial charge is 0.456 e. The Morgan fingerprint density at radius 1 is 0.429 bits per heavy atom. The van der Waals surface area contributed by atoms with Crippen LogP contribution in [0.25, 0.3) is 88.0 Å². The quantitative estimate of drug-likeness (QED) is 0.190. The van der Waals surface area contributed by atoms with Crippen molar-refractivity contribution in [1.82, 2.24) is 0 Å². The van der Waals surface area contributed by atoms with E-state index in [1.165, 1.54) is 71.6 Å². The van der Waals surface area contributed by atoms with Crippen LogP contribution in [0.2, 0.25) is 0 Å². The Kier molecular flexibility index (Phi) is 5.21. The van der Waals surface area contributed by atoms with Crippen LogP contribution >= 0.6 is 0 Å². The Bertz CT molecular complexity index is 2880. The smallest absolute Gasteiger partial charge is 0.135 e. The molecule has 0 radical (unpaired) electrons. The SMILES string of the molecule is CC1(C)c2cc(-c3ccc4c5c(cccc35)-c3ccccc3O4)ccc2-c2ccc3cccc(-c4ccc5oc6ccccc6c5c4)c3c21. The van der Waals surface area contributed by atoms with Crippen LogP contribution in [-0.4, -0.2) is 0 Å². The van der Waals surface area contributed by atoms with Crippen LogP contribution in [0.4, 0.5) is 0 Å². The lowest BCUT2D eigenvalue weighted by atomic mass is 9.78. The summed E-state index contributed by atoms with van der Waals surface area (Å²) in [5.41, 5.74) is 14.3. The fourth-order valence-corrected chi connectivity index (χ4v) is 8.82. The third-order valence-corrected chi connectivity index (χ3v) is 11.1. The zero-order valence-electron chi connectivity index (χ0n) is 27.2. The minimum absolute atomic E-state index is 0.211. The average Bonchev–Trinajstić information content (AvgIpc) is 3.63. The van der Waals surface area contributed by atoms with E-state index < -0.39 is 0 Å². The van der Waals surface area contributed by atoms with Gasteiger partial charge in [-0.25, -0.2) is 0 Å². The molecule has 0 saturated heterocycles. The van der Waals surface area contributed by atoms with Crippen molar-refractivity contribution in [2.75, 3.05) is 0 Å². The van der Waals surface area contributed by atoms with Crippen LogP contribution < -0.4 is 4.74 Å². The number of hydrogen-bond acceptors (Lipinski definition) is 2. The van der Waals surface area contributed by atoms with Crippen LogP contribution in [-0.2, 0) is 5.41 Å². The van der Waals surface area contributed by atoms with E-state index in [2.05, 4.69) is 141 Å². The summed E-state index contributed by atoms with van der Waals surface area (Å²) in [6.07, 6.45) is 0. The first-order valence-corrected chi connectivity index (χ1v) is 17.0. The summed E-state index contributed by atoms with van der Waals surface area (Å²) in [5.74, 6) is 1.83. The first kappa shape index (κ1) is 26.9. The van der Waals surface area contributed by atoms with Gasteiger partial charge in [0.2, 0.25) is 0 Å². The van der Waals surface area contributed by atoms with Gasteiger partial charge in [-0.15, -0.1) is 0 Å². The second-order valence-electron chi connectivity index (χ2n) is 14.0. The van der Waals surface area contributed by atoms with Gasteiger partial charge in [0, 0.05) is 27.1 Å². The molecule has 0 amide bonds. The van der Waals surface area contributed by atoms with Gasteiger partial charge < -0.3 is 9.15 Å². The molecule has 11 rings (SSSR count). The summed E-state index contributed by atoms with van der Waals surface area (Å²) >= 11 is 0. The summed E-state index contributed by atoms with van der Waals surface area (Å²) in [7, 11) is 0. The Balaban J connectivity index is 1.09. The Labute approximate surface area is 283 Å². The zero-order valence-corrected chi connectivity index (χ0v) is 27.2. The van der Waals surface area contributed by atoms with Crippen LogP contribution in [0.15, 0.2) is 150 Å². The van der Waals surface area contributed by atoms with Gasteiger partial charge in [-0.2, -0.15) is 0 Å². The van der Waals surface area contributed by atoms with Crippen molar-refractivity contribution >= 4 is 43.5 Å². The number of ether oxygens (including phenoxy) is 1. The van der Waals surface area contributed by atoms with E-state index in [1.54, 1.807) is 0 Å². The molecule has 2 heterocycles. The molecule has 2 heteroatoms. The minimum Gasteiger partial charge on any atom is -0.456 e. The van der Waals surface area contributed by atoms with E-state index in [4.69, 9.17) is 9.15 Å². The summed E-state index contributed by atoms with van der Waals surface area (Å²) in [6.45, 7) is 4.79. The summed E-state index contributed by atoms with van der Waals surface area (Å²) in [6, 6.07) is 52.8. The predicted molar refractivity (Wildman–Crippen MR) is 203 cm³/mol. The summed E-state index contributed by atoms with van der Waals surface area (Å²) in [5, 5.41) is 7.29. The molecule has 0 unspecified atom stereocenters. The van der Waals surface area contributed by atoms with Gasteiger partial charge in [-0.1, -0.05) is 123 Å². The molecule has 1 aliphatic carbocycles. The maximum Gasteiger partial charge on any atom is 0.135 e. The summed E-state index contributed by atoms with van der Waals surface area (Å²) < 4.78 is 12.6. The van der Waals surface area contributed by atoms with Crippen LogP contribution in [0.5, 0.6) is 11.5 Å². The second-order valence-corrected chi connectivity index (χ2v) is 14.0. The monoisotopic (exact) mass is 626 g/mol. The normalized spacial score (nSPS) is 13.8. The molecule has 49 heavy (non-hydrogen) atoms. The van der Waals surface area contributed by atoms with Crippen molar-refractivity contribution < 1.29 is 9.15 Å². The fourth-order valence-electron chi connectivity index (χ4n) is 8.82. The molecule has 1 aliphatic heterocycles. The Hall–Kier alpha value is -6.12. The lowest BCUT2D eigenvalue weighted by Crippen LogP contribution is -2.16. The standard InChI is InChI=1S/C47H30O2/c1-47(2)39-26-29(30-22-24-43-45-35(30)13-8-14-36(45)33-10-3-5-15-40(33)49-43)18-20-32(39)37-21-17-27-9-7-12-31(44(27)46(37)47)28-19-23-42-38(25-28)34-11-4-6-16-41(34)48-42/h3-26H,1-2H3. The molecule has 9 aromatic rings. The van der Waals surface area contributed by atoms with Gasteiger partial charge >= 0.3 is 0 Å². The van der Waals surface area contributed by atoms with Crippen molar-refractivity contribution in [3.63, 3.8) is 0 Å². The van der Waals surface area contributed by atoms with Crippen molar-refractivity contribution in [3.05, 3.63) is 157 Å². The molecule has 0 atom stereocenters. The number of furan rings is 1. The molecular formula is C47H30O2. The highest BCUT2D eigenvalue weighted by Gasteiger charge is 2.38. The molecule has 0 saturated carbocycles. The molecule has 0 N–H and O–H groups in total. The van der Waals surface area contributed by atoms with E-state index in [0.29, 0.717) is 0 Å². The molecule has 230 valence electrons. The highest BCUT2D eigenvalue weighted by atomic mass is 16.5. The average molecular weight is 627 g/mol. The van der Waals surface area contributed by atoms with Crippen molar-refractivity contribution in [2.45, 2.75) is 19.3 Å². The molecule has 0 spiro atoms. The Morgan fingerprint density at radius 3 is 2.10 bits per heavy atom. The molecule has 1 aromatic heterocycles. The van der Waals surface area contributed by atoms with E-state index in [1.807, 2.05) is 18.2 Å². The summed E-state index contributed by atoms with van der Waals surface area (Å²) in [4.78, 5) is 0. The first-order chi connectivity index (χ1) is 24.0. The molecule has 2 aliphatic rings. The predicted octanol–water partition coefficient (Wildman–Crippen LogP) is 13.3. The van der Waals surface area contributed by atoms with Gasteiger partial charge in [0.25, 0.3) is 0 Å². The second kappa shape index (κ2) is 9.49. The Morgan fingerprint density at radius 2 is 1.14 bits per heavy atom. The van der Waals surface area contributed by atoms with Crippen LogP contribution in [0.3, 0.4) is 0 Å². The van der Waals surface area contributed by atoms with E-state index in [0.717, 1.165) is 39.0 Å². The number of benzene rings is 8. The third-order valence-electron chi connectivity index (χ3n) is 11.1. The van der Waals surface area contributed by atoms with Crippen molar-refractivity contribution in [1.29, 1.82) is 0 Å². The number of hydrogen-bond donors (Lipinski definition) is 0. The van der Waals surface area contributed by atoms with Gasteiger partial charge in [0.05, 0.1) is 0 Å². The molecular weight excluding hydrogens is 597 g/mol. The van der Waals surface area contributed by atoms with Gasteiger partial charge in [-0.3, -0.25) is 0 Å². The van der Waals surface area contributed by atoms with E-state index in [-0.39, 0.29) is 5.41 Å². The lowest BCUT2D eigenvalue weighted by Gasteiger charge is -2.25. The lowest BCUT2D eigenvalue weighted by molar-refractivity contribution is 0.487. The van der Waals surface area contributed by atoms with Crippen molar-refractivity contribution in [3.8, 4) is 56.0 Å². The number of rotatable bonds is 2. The topological polar surface area (TPSA) is 22.4 Å². The van der Waals surface area contributed by atoms with E-state index in [9.17, 15) is 0 Å². The van der Waals surface area contributed by atoms with Crippen molar-refractivity contribution in [2.24, 2.45) is 0 Å². The highest BCUT2D eigenvalue weighted by molar-refractivity contribution is 6.12. The van der Waals surface area contributed by atoms with Gasteiger partial charge in [0.15, 0.2) is 0 Å². The zero-order chi connectivity index (χ0) is 32.4. The van der Waals surface area contributed by atoms with Crippen LogP contribution in [0, 0.1) is 0 Å². The maximum absolute atomic E-state index is 6.41. The molecule has 0 bridgehead atoms. The highest BCUT2D eigenvalue weighted by Crippen LogP contribution is 2.55. The van der Waals surface area contributed by atoms with Gasteiger partial charge in [-0.05, 0) is 103 Å². The molecule has 0 fully saturated rings. The van der Waals surface area contributed by atoms with Crippen LogP contribution in [0.1, 0.15) is 25.0 Å². The number of fused-ring (bicyclic) bond motifs is 10. The molecule has 8 aromatic carbocycles. The first-order valence-electron chi connectivity index (χ1n) is 17.0.